The maximum atomic E-state index is 12.7. The molecule has 5 heteroatoms. The van der Waals surface area contributed by atoms with Gasteiger partial charge in [-0.15, -0.1) is 0 Å². The molecule has 34 heavy (non-hydrogen) atoms. The third-order valence-electron chi connectivity index (χ3n) is 6.67. The summed E-state index contributed by atoms with van der Waals surface area (Å²) in [7, 11) is 0. The number of hydrogen-bond acceptors (Lipinski definition) is 3. The lowest BCUT2D eigenvalue weighted by Gasteiger charge is -2.32. The molecule has 3 aromatic rings. The van der Waals surface area contributed by atoms with Crippen molar-refractivity contribution >= 4 is 17.5 Å². The molecule has 0 bridgehead atoms. The first-order chi connectivity index (χ1) is 16.4. The topological polar surface area (TPSA) is 58.6 Å². The van der Waals surface area contributed by atoms with E-state index >= 15 is 0 Å². The molecule has 1 aliphatic rings. The minimum atomic E-state index is -0.0956. The fourth-order valence-electron chi connectivity index (χ4n) is 4.01. The summed E-state index contributed by atoms with van der Waals surface area (Å²) in [5, 5.41) is 2.97. The van der Waals surface area contributed by atoms with E-state index in [0.29, 0.717) is 18.7 Å². The van der Waals surface area contributed by atoms with Crippen molar-refractivity contribution in [3.8, 4) is 5.75 Å². The summed E-state index contributed by atoms with van der Waals surface area (Å²) in [5.74, 6) is 0.563. The van der Waals surface area contributed by atoms with E-state index in [1.165, 1.54) is 11.1 Å². The van der Waals surface area contributed by atoms with Crippen LogP contribution in [0.2, 0.25) is 0 Å². The SMILES string of the molecule is CCC(C)(C)c1ccc2c(c1)N(Cc1ccc(C(=O)NCCc3ccccc3)cc1)C(=O)CO2. The predicted molar refractivity (Wildman–Crippen MR) is 135 cm³/mol. The monoisotopic (exact) mass is 456 g/mol. The van der Waals surface area contributed by atoms with Crippen molar-refractivity contribution < 1.29 is 14.3 Å². The largest absolute Gasteiger partial charge is 0.482 e. The van der Waals surface area contributed by atoms with Crippen LogP contribution in [0.25, 0.3) is 0 Å². The van der Waals surface area contributed by atoms with Gasteiger partial charge >= 0.3 is 0 Å². The number of hydrogen-bond donors (Lipinski definition) is 1. The summed E-state index contributed by atoms with van der Waals surface area (Å²) in [5.41, 5.74) is 4.76. The molecule has 0 saturated heterocycles. The highest BCUT2D eigenvalue weighted by atomic mass is 16.5. The molecule has 3 aromatic carbocycles. The zero-order valence-electron chi connectivity index (χ0n) is 20.1. The first kappa shape index (κ1) is 23.6. The van der Waals surface area contributed by atoms with Crippen molar-refractivity contribution in [3.05, 3.63) is 95.1 Å². The lowest BCUT2D eigenvalue weighted by molar-refractivity contribution is -0.121. The highest BCUT2D eigenvalue weighted by Crippen LogP contribution is 2.38. The quantitative estimate of drug-likeness (QED) is 0.502. The number of fused-ring (bicyclic) bond motifs is 1. The molecule has 0 spiro atoms. The van der Waals surface area contributed by atoms with Gasteiger partial charge in [0.1, 0.15) is 5.75 Å². The summed E-state index contributed by atoms with van der Waals surface area (Å²) in [4.78, 5) is 27.0. The number of nitrogens with one attached hydrogen (secondary N) is 1. The zero-order chi connectivity index (χ0) is 24.1. The molecule has 0 unspecified atom stereocenters. The van der Waals surface area contributed by atoms with Gasteiger partial charge < -0.3 is 15.0 Å². The molecule has 1 N–H and O–H groups in total. The van der Waals surface area contributed by atoms with Crippen molar-refractivity contribution in [1.29, 1.82) is 0 Å². The molecule has 2 amide bonds. The maximum Gasteiger partial charge on any atom is 0.265 e. The Kier molecular flexibility index (Phi) is 7.01. The van der Waals surface area contributed by atoms with Crippen molar-refractivity contribution in [1.82, 2.24) is 5.32 Å². The molecule has 0 atom stereocenters. The van der Waals surface area contributed by atoms with Gasteiger partial charge in [-0.1, -0.05) is 69.3 Å². The van der Waals surface area contributed by atoms with Gasteiger partial charge in [-0.2, -0.15) is 0 Å². The molecule has 0 fully saturated rings. The minimum Gasteiger partial charge on any atom is -0.482 e. The number of carbonyl (C=O) groups is 2. The van der Waals surface area contributed by atoms with Gasteiger partial charge in [-0.25, -0.2) is 0 Å². The third-order valence-corrected chi connectivity index (χ3v) is 6.67. The minimum absolute atomic E-state index is 0.0106. The van der Waals surface area contributed by atoms with Gasteiger partial charge in [-0.3, -0.25) is 9.59 Å². The molecule has 0 aliphatic carbocycles. The standard InChI is InChI=1S/C29H32N2O3/c1-4-29(2,3)24-14-15-26-25(18-24)31(27(32)20-34-26)19-22-10-12-23(13-11-22)28(33)30-17-16-21-8-6-5-7-9-21/h5-15,18H,4,16-17,19-20H2,1-3H3,(H,30,33). The van der Waals surface area contributed by atoms with E-state index in [9.17, 15) is 9.59 Å². The Hall–Kier alpha value is -3.60. The Morgan fingerprint density at radius 3 is 2.44 bits per heavy atom. The normalized spacial score (nSPS) is 13.3. The van der Waals surface area contributed by atoms with E-state index in [2.05, 4.69) is 50.4 Å². The van der Waals surface area contributed by atoms with Crippen LogP contribution >= 0.6 is 0 Å². The average molecular weight is 457 g/mol. The second-order valence-electron chi connectivity index (χ2n) is 9.38. The van der Waals surface area contributed by atoms with Crippen LogP contribution in [0.4, 0.5) is 5.69 Å². The average Bonchev–Trinajstić information content (AvgIpc) is 2.86. The van der Waals surface area contributed by atoms with Gasteiger partial charge in [0, 0.05) is 12.1 Å². The molecule has 1 heterocycles. The fourth-order valence-corrected chi connectivity index (χ4v) is 4.01. The summed E-state index contributed by atoms with van der Waals surface area (Å²) in [6.45, 7) is 7.62. The number of ether oxygens (including phenoxy) is 1. The lowest BCUT2D eigenvalue weighted by atomic mass is 9.82. The van der Waals surface area contributed by atoms with Crippen LogP contribution in [0.5, 0.6) is 5.75 Å². The van der Waals surface area contributed by atoms with Crippen LogP contribution in [0, 0.1) is 0 Å². The Balaban J connectivity index is 1.43. The van der Waals surface area contributed by atoms with E-state index in [-0.39, 0.29) is 23.8 Å². The Bertz CT molecular complexity index is 1150. The molecule has 0 radical (unpaired) electrons. The van der Waals surface area contributed by atoms with Crippen LogP contribution in [0.1, 0.15) is 54.2 Å². The molecule has 0 aromatic heterocycles. The number of anilines is 1. The second kappa shape index (κ2) is 10.1. The maximum absolute atomic E-state index is 12.7. The molecule has 176 valence electrons. The van der Waals surface area contributed by atoms with Crippen LogP contribution in [0.3, 0.4) is 0 Å². The van der Waals surface area contributed by atoms with Gasteiger partial charge in [0.25, 0.3) is 11.8 Å². The van der Waals surface area contributed by atoms with E-state index in [1.54, 1.807) is 4.90 Å². The number of rotatable bonds is 8. The van der Waals surface area contributed by atoms with E-state index < -0.39 is 0 Å². The molecule has 5 nitrogen and oxygen atoms in total. The smallest absolute Gasteiger partial charge is 0.265 e. The Labute approximate surface area is 201 Å². The third kappa shape index (κ3) is 5.30. The van der Waals surface area contributed by atoms with Gasteiger partial charge in [0.15, 0.2) is 6.61 Å². The van der Waals surface area contributed by atoms with Gasteiger partial charge in [0.2, 0.25) is 0 Å². The number of benzene rings is 3. The van der Waals surface area contributed by atoms with Crippen molar-refractivity contribution in [2.24, 2.45) is 0 Å². The fraction of sp³-hybridized carbons (Fsp3) is 0.310. The van der Waals surface area contributed by atoms with Gasteiger partial charge in [-0.05, 0) is 59.2 Å². The highest BCUT2D eigenvalue weighted by Gasteiger charge is 2.28. The number of carbonyl (C=O) groups excluding carboxylic acids is 2. The van der Waals surface area contributed by atoms with Crippen molar-refractivity contribution in [3.63, 3.8) is 0 Å². The predicted octanol–water partition coefficient (Wildman–Crippen LogP) is 5.27. The summed E-state index contributed by atoms with van der Waals surface area (Å²) < 4.78 is 5.68. The summed E-state index contributed by atoms with van der Waals surface area (Å²) in [6.07, 6.45) is 1.79. The van der Waals surface area contributed by atoms with Crippen LogP contribution in [-0.2, 0) is 23.2 Å². The van der Waals surface area contributed by atoms with Crippen LogP contribution in [0.15, 0.2) is 72.8 Å². The van der Waals surface area contributed by atoms with E-state index in [4.69, 9.17) is 4.74 Å². The van der Waals surface area contributed by atoms with Crippen molar-refractivity contribution in [2.45, 2.75) is 45.6 Å². The first-order valence-electron chi connectivity index (χ1n) is 11.9. The first-order valence-corrected chi connectivity index (χ1v) is 11.9. The van der Waals surface area contributed by atoms with Crippen LogP contribution in [-0.4, -0.2) is 25.0 Å². The second-order valence-corrected chi connectivity index (χ2v) is 9.38. The summed E-state index contributed by atoms with van der Waals surface area (Å²) in [6, 6.07) is 23.7. The molecular formula is C29H32N2O3. The molecule has 1 aliphatic heterocycles. The van der Waals surface area contributed by atoms with E-state index in [1.807, 2.05) is 48.5 Å². The molecule has 4 rings (SSSR count). The number of amides is 2. The van der Waals surface area contributed by atoms with Crippen LogP contribution < -0.4 is 15.0 Å². The van der Waals surface area contributed by atoms with Crippen molar-refractivity contribution in [2.75, 3.05) is 18.1 Å². The Morgan fingerprint density at radius 1 is 1.00 bits per heavy atom. The summed E-state index contributed by atoms with van der Waals surface area (Å²) >= 11 is 0. The molecular weight excluding hydrogens is 424 g/mol. The zero-order valence-corrected chi connectivity index (χ0v) is 20.1. The molecule has 0 saturated carbocycles. The Morgan fingerprint density at radius 2 is 1.74 bits per heavy atom. The highest BCUT2D eigenvalue weighted by molar-refractivity contribution is 5.98. The lowest BCUT2D eigenvalue weighted by Crippen LogP contribution is -2.38. The van der Waals surface area contributed by atoms with E-state index in [0.717, 1.165) is 29.8 Å². The van der Waals surface area contributed by atoms with Gasteiger partial charge in [0.05, 0.1) is 12.2 Å². The number of nitrogens with zero attached hydrogens (tertiary/aromatic N) is 1.